The zero-order chi connectivity index (χ0) is 19.4. The van der Waals surface area contributed by atoms with Crippen molar-refractivity contribution in [2.24, 2.45) is 0 Å². The minimum atomic E-state index is -0.573. The van der Waals surface area contributed by atoms with E-state index in [-0.39, 0.29) is 16.6 Å². The molecule has 0 aliphatic rings. The predicted molar refractivity (Wildman–Crippen MR) is 106 cm³/mol. The minimum absolute atomic E-state index is 0.0961. The molecule has 27 heavy (non-hydrogen) atoms. The molecule has 1 N–H and O–H groups in total. The monoisotopic (exact) mass is 404 g/mol. The number of benzene rings is 2. The third-order valence-electron chi connectivity index (χ3n) is 3.91. The average molecular weight is 405 g/mol. The van der Waals surface area contributed by atoms with Gasteiger partial charge in [-0.1, -0.05) is 53.7 Å². The lowest BCUT2D eigenvalue weighted by atomic mass is 10.2. The molecule has 0 aliphatic carbocycles. The molecule has 5 nitrogen and oxygen atoms in total. The number of nitrogens with one attached hydrogen (secondary N) is 1. The van der Waals surface area contributed by atoms with Crippen LogP contribution >= 0.6 is 23.4 Å². The third kappa shape index (κ3) is 4.48. The van der Waals surface area contributed by atoms with Crippen molar-refractivity contribution < 1.29 is 9.18 Å². The highest BCUT2D eigenvalue weighted by atomic mass is 35.5. The number of hydrogen-bond donors (Lipinski definition) is 1. The van der Waals surface area contributed by atoms with E-state index in [4.69, 9.17) is 11.6 Å². The van der Waals surface area contributed by atoms with Crippen molar-refractivity contribution in [1.29, 1.82) is 0 Å². The number of aromatic nitrogens is 3. The summed E-state index contributed by atoms with van der Waals surface area (Å²) in [5.74, 6) is -0.152. The number of rotatable bonds is 6. The highest BCUT2D eigenvalue weighted by Gasteiger charge is 2.21. The Bertz CT molecular complexity index is 948. The van der Waals surface area contributed by atoms with Crippen LogP contribution in [0, 0.1) is 5.82 Å². The van der Waals surface area contributed by atoms with Gasteiger partial charge in [-0.15, -0.1) is 10.2 Å². The fourth-order valence-electron chi connectivity index (χ4n) is 2.50. The topological polar surface area (TPSA) is 59.8 Å². The number of anilines is 1. The van der Waals surface area contributed by atoms with E-state index in [1.54, 1.807) is 6.92 Å². The molecule has 0 bridgehead atoms. The molecule has 0 saturated heterocycles. The lowest BCUT2D eigenvalue weighted by molar-refractivity contribution is -0.115. The Morgan fingerprint density at radius 2 is 2.00 bits per heavy atom. The Hall–Kier alpha value is -2.38. The summed E-state index contributed by atoms with van der Waals surface area (Å²) in [6.45, 7) is 4.40. The van der Waals surface area contributed by atoms with Crippen LogP contribution in [0.4, 0.5) is 10.1 Å². The highest BCUT2D eigenvalue weighted by Crippen LogP contribution is 2.28. The number of nitrogens with zero attached hydrogens (tertiary/aromatic N) is 3. The predicted octanol–water partition coefficient (Wildman–Crippen LogP) is 4.88. The van der Waals surface area contributed by atoms with Crippen LogP contribution in [0.25, 0.3) is 11.4 Å². The van der Waals surface area contributed by atoms with Gasteiger partial charge in [0.05, 0.1) is 10.9 Å². The second-order valence-electron chi connectivity index (χ2n) is 5.79. The molecule has 0 saturated carbocycles. The van der Waals surface area contributed by atoms with Gasteiger partial charge in [0.2, 0.25) is 5.91 Å². The zero-order valence-corrected chi connectivity index (χ0v) is 16.4. The summed E-state index contributed by atoms with van der Waals surface area (Å²) in [4.78, 5) is 12.4. The van der Waals surface area contributed by atoms with Crippen molar-refractivity contribution in [3.8, 4) is 11.4 Å². The fraction of sp³-hybridized carbons (Fsp3) is 0.211. The van der Waals surface area contributed by atoms with Crippen LogP contribution in [0.15, 0.2) is 53.7 Å². The normalized spacial score (nSPS) is 12.0. The van der Waals surface area contributed by atoms with Crippen molar-refractivity contribution in [3.05, 3.63) is 59.4 Å². The Morgan fingerprint density at radius 1 is 1.26 bits per heavy atom. The van der Waals surface area contributed by atoms with Crippen LogP contribution in [-0.2, 0) is 11.3 Å². The molecule has 0 radical (unpaired) electrons. The average Bonchev–Trinajstić information content (AvgIpc) is 3.07. The van der Waals surface area contributed by atoms with Crippen molar-refractivity contribution in [1.82, 2.24) is 14.8 Å². The summed E-state index contributed by atoms with van der Waals surface area (Å²) < 4.78 is 15.8. The summed E-state index contributed by atoms with van der Waals surface area (Å²) in [7, 11) is 0. The highest BCUT2D eigenvalue weighted by molar-refractivity contribution is 8.00. The quantitative estimate of drug-likeness (QED) is 0.595. The van der Waals surface area contributed by atoms with Gasteiger partial charge >= 0.3 is 0 Å². The van der Waals surface area contributed by atoms with Crippen LogP contribution in [0.2, 0.25) is 5.02 Å². The van der Waals surface area contributed by atoms with Gasteiger partial charge < -0.3 is 9.88 Å². The van der Waals surface area contributed by atoms with Gasteiger partial charge in [-0.25, -0.2) is 4.39 Å². The molecule has 0 unspecified atom stereocenters. The van der Waals surface area contributed by atoms with Gasteiger partial charge in [-0.2, -0.15) is 0 Å². The zero-order valence-electron chi connectivity index (χ0n) is 14.8. The summed E-state index contributed by atoms with van der Waals surface area (Å²) in [5, 5.41) is 11.5. The van der Waals surface area contributed by atoms with E-state index in [1.807, 2.05) is 41.8 Å². The second kappa shape index (κ2) is 8.54. The van der Waals surface area contributed by atoms with Crippen molar-refractivity contribution in [2.45, 2.75) is 30.8 Å². The number of amides is 1. The Balaban J connectivity index is 1.75. The molecule has 0 aliphatic heterocycles. The SMILES string of the molecule is CCn1c(S[C@H](C)C(=O)Nc2ccc(Cl)cc2F)nnc1-c1ccccc1. The number of thioether (sulfide) groups is 1. The number of carbonyl (C=O) groups excluding carboxylic acids is 1. The van der Waals surface area contributed by atoms with Gasteiger partial charge in [0.1, 0.15) is 5.82 Å². The van der Waals surface area contributed by atoms with Crippen LogP contribution in [-0.4, -0.2) is 25.9 Å². The van der Waals surface area contributed by atoms with Crippen molar-refractivity contribution in [3.63, 3.8) is 0 Å². The molecule has 2 aromatic carbocycles. The third-order valence-corrected chi connectivity index (χ3v) is 5.22. The van der Waals surface area contributed by atoms with Crippen LogP contribution < -0.4 is 5.32 Å². The largest absolute Gasteiger partial charge is 0.323 e. The standard InChI is InChI=1S/C19H18ClFN4OS/c1-3-25-17(13-7-5-4-6-8-13)23-24-19(25)27-12(2)18(26)22-16-10-9-14(20)11-15(16)21/h4-12H,3H2,1-2H3,(H,22,26)/t12-/m1/s1. The minimum Gasteiger partial charge on any atom is -0.323 e. The molecule has 1 aromatic heterocycles. The fourth-order valence-corrected chi connectivity index (χ4v) is 3.57. The van der Waals surface area contributed by atoms with E-state index in [1.165, 1.54) is 23.9 Å². The molecule has 1 heterocycles. The molecule has 140 valence electrons. The summed E-state index contributed by atoms with van der Waals surface area (Å²) in [6, 6.07) is 13.9. The molecule has 1 amide bonds. The van der Waals surface area contributed by atoms with E-state index in [0.29, 0.717) is 11.7 Å². The molecule has 1 atom stereocenters. The Labute approximate surface area is 166 Å². The number of hydrogen-bond acceptors (Lipinski definition) is 4. The van der Waals surface area contributed by atoms with Gasteiger partial charge in [0, 0.05) is 17.1 Å². The van der Waals surface area contributed by atoms with E-state index in [2.05, 4.69) is 15.5 Å². The summed E-state index contributed by atoms with van der Waals surface area (Å²) in [5.41, 5.74) is 1.05. The molecular formula is C19H18ClFN4OS. The molecule has 8 heteroatoms. The summed E-state index contributed by atoms with van der Waals surface area (Å²) in [6.07, 6.45) is 0. The van der Waals surface area contributed by atoms with E-state index < -0.39 is 11.1 Å². The smallest absolute Gasteiger partial charge is 0.237 e. The summed E-state index contributed by atoms with van der Waals surface area (Å²) >= 11 is 7.01. The maximum atomic E-state index is 13.9. The number of halogens is 2. The maximum Gasteiger partial charge on any atom is 0.237 e. The lowest BCUT2D eigenvalue weighted by Gasteiger charge is -2.13. The van der Waals surface area contributed by atoms with Gasteiger partial charge in [-0.3, -0.25) is 4.79 Å². The molecular weight excluding hydrogens is 387 g/mol. The van der Waals surface area contributed by atoms with Crippen LogP contribution in [0.3, 0.4) is 0 Å². The lowest BCUT2D eigenvalue weighted by Crippen LogP contribution is -2.23. The maximum absolute atomic E-state index is 13.9. The van der Waals surface area contributed by atoms with Crippen LogP contribution in [0.1, 0.15) is 13.8 Å². The molecule has 3 aromatic rings. The molecule has 0 spiro atoms. The number of carbonyl (C=O) groups is 1. The van der Waals surface area contributed by atoms with Gasteiger partial charge in [0.15, 0.2) is 11.0 Å². The Kier molecular flexibility index (Phi) is 6.13. The first-order chi connectivity index (χ1) is 13.0. The van der Waals surface area contributed by atoms with Crippen LogP contribution in [0.5, 0.6) is 0 Å². The first-order valence-corrected chi connectivity index (χ1v) is 9.66. The Morgan fingerprint density at radius 3 is 2.67 bits per heavy atom. The van der Waals surface area contributed by atoms with Gasteiger partial charge in [-0.05, 0) is 32.0 Å². The first kappa shape index (κ1) is 19.4. The van der Waals surface area contributed by atoms with Crippen molar-refractivity contribution >= 4 is 35.0 Å². The second-order valence-corrected chi connectivity index (χ2v) is 7.53. The first-order valence-electron chi connectivity index (χ1n) is 8.40. The molecule has 0 fully saturated rings. The van der Waals surface area contributed by atoms with Gasteiger partial charge in [0.25, 0.3) is 0 Å². The molecule has 3 rings (SSSR count). The van der Waals surface area contributed by atoms with Crippen molar-refractivity contribution in [2.75, 3.05) is 5.32 Å². The van der Waals surface area contributed by atoms with E-state index in [9.17, 15) is 9.18 Å². The van der Waals surface area contributed by atoms with E-state index >= 15 is 0 Å². The van der Waals surface area contributed by atoms with E-state index in [0.717, 1.165) is 17.5 Å².